The molecular weight excluding hydrogens is 340 g/mol. The van der Waals surface area contributed by atoms with Crippen LogP contribution in [0.5, 0.6) is 5.75 Å². The van der Waals surface area contributed by atoms with Crippen molar-refractivity contribution in [1.29, 1.82) is 0 Å². The number of aromatic hydroxyl groups is 1. The molecule has 0 saturated heterocycles. The highest BCUT2D eigenvalue weighted by Crippen LogP contribution is 2.45. The Balaban J connectivity index is 2.33. The molecular formula is C27H32O. The van der Waals surface area contributed by atoms with Gasteiger partial charge in [0.05, 0.1) is 0 Å². The number of rotatable bonds is 4. The molecule has 0 atom stereocenters. The molecule has 0 bridgehead atoms. The Bertz CT molecular complexity index is 1010. The van der Waals surface area contributed by atoms with Gasteiger partial charge in [-0.3, -0.25) is 0 Å². The average Bonchev–Trinajstić information content (AvgIpc) is 2.61. The molecule has 0 aromatic heterocycles. The zero-order valence-electron chi connectivity index (χ0n) is 18.2. The van der Waals surface area contributed by atoms with E-state index in [0.29, 0.717) is 5.75 Å². The van der Waals surface area contributed by atoms with Crippen LogP contribution in [0, 0.1) is 20.8 Å². The van der Waals surface area contributed by atoms with Crippen LogP contribution < -0.4 is 0 Å². The summed E-state index contributed by atoms with van der Waals surface area (Å²) in [6.45, 7) is 15.6. The van der Waals surface area contributed by atoms with Gasteiger partial charge in [0.2, 0.25) is 0 Å². The third kappa shape index (κ3) is 3.35. The van der Waals surface area contributed by atoms with Crippen molar-refractivity contribution in [2.75, 3.05) is 0 Å². The molecule has 3 aromatic rings. The van der Waals surface area contributed by atoms with E-state index in [2.05, 4.69) is 97.0 Å². The van der Waals surface area contributed by atoms with E-state index >= 15 is 0 Å². The van der Waals surface area contributed by atoms with Crippen LogP contribution in [-0.2, 0) is 10.8 Å². The summed E-state index contributed by atoms with van der Waals surface area (Å²) in [6, 6.07) is 21.0. The zero-order chi connectivity index (χ0) is 20.7. The van der Waals surface area contributed by atoms with Crippen molar-refractivity contribution in [3.63, 3.8) is 0 Å². The van der Waals surface area contributed by atoms with Crippen molar-refractivity contribution in [2.45, 2.75) is 59.3 Å². The molecule has 3 rings (SSSR count). The van der Waals surface area contributed by atoms with Gasteiger partial charge in [-0.1, -0.05) is 76.2 Å². The minimum absolute atomic E-state index is 0.182. The van der Waals surface area contributed by atoms with E-state index in [1.807, 2.05) is 12.1 Å². The highest BCUT2D eigenvalue weighted by molar-refractivity contribution is 5.56. The third-order valence-electron chi connectivity index (χ3n) is 6.26. The molecule has 0 radical (unpaired) electrons. The van der Waals surface area contributed by atoms with Gasteiger partial charge in [0.15, 0.2) is 0 Å². The number of hydrogen-bond acceptors (Lipinski definition) is 1. The lowest BCUT2D eigenvalue weighted by Gasteiger charge is -2.38. The number of phenolic OH excluding ortho intramolecular Hbond substituents is 1. The van der Waals surface area contributed by atoms with Crippen molar-refractivity contribution < 1.29 is 5.11 Å². The van der Waals surface area contributed by atoms with Gasteiger partial charge in [0, 0.05) is 10.8 Å². The lowest BCUT2D eigenvalue weighted by Crippen LogP contribution is -2.30. The molecule has 0 spiro atoms. The fraction of sp³-hybridized carbons (Fsp3) is 0.333. The summed E-state index contributed by atoms with van der Waals surface area (Å²) < 4.78 is 0. The van der Waals surface area contributed by atoms with E-state index in [1.165, 1.54) is 33.4 Å². The van der Waals surface area contributed by atoms with Crippen LogP contribution in [-0.4, -0.2) is 5.11 Å². The first kappa shape index (κ1) is 20.2. The zero-order valence-corrected chi connectivity index (χ0v) is 18.2. The summed E-state index contributed by atoms with van der Waals surface area (Å²) in [5, 5.41) is 10.5. The van der Waals surface area contributed by atoms with Crippen molar-refractivity contribution in [3.8, 4) is 5.75 Å². The average molecular weight is 373 g/mol. The van der Waals surface area contributed by atoms with Gasteiger partial charge in [0.1, 0.15) is 5.75 Å². The van der Waals surface area contributed by atoms with E-state index in [4.69, 9.17) is 0 Å². The molecule has 3 aromatic carbocycles. The van der Waals surface area contributed by atoms with Gasteiger partial charge in [-0.2, -0.15) is 0 Å². The SMILES string of the molecule is Cc1ccccc1C(C)(C)c1cc(O)cc(C)c1C(C)(C)c1ccccc1C. The first-order chi connectivity index (χ1) is 13.1. The van der Waals surface area contributed by atoms with Gasteiger partial charge in [0.25, 0.3) is 0 Å². The molecule has 146 valence electrons. The van der Waals surface area contributed by atoms with Crippen LogP contribution in [0.4, 0.5) is 0 Å². The van der Waals surface area contributed by atoms with Crippen LogP contribution >= 0.6 is 0 Å². The van der Waals surface area contributed by atoms with Gasteiger partial charge in [-0.15, -0.1) is 0 Å². The largest absolute Gasteiger partial charge is 0.508 e. The summed E-state index contributed by atoms with van der Waals surface area (Å²) in [4.78, 5) is 0. The van der Waals surface area contributed by atoms with Crippen LogP contribution in [0.25, 0.3) is 0 Å². The number of benzene rings is 3. The summed E-state index contributed by atoms with van der Waals surface area (Å²) >= 11 is 0. The molecule has 28 heavy (non-hydrogen) atoms. The van der Waals surface area contributed by atoms with Crippen LogP contribution in [0.15, 0.2) is 60.7 Å². The molecule has 0 aliphatic rings. The minimum Gasteiger partial charge on any atom is -0.508 e. The highest BCUT2D eigenvalue weighted by Gasteiger charge is 2.35. The Labute approximate surface area is 170 Å². The Morgan fingerprint density at radius 1 is 0.571 bits per heavy atom. The highest BCUT2D eigenvalue weighted by atomic mass is 16.3. The van der Waals surface area contributed by atoms with Gasteiger partial charge >= 0.3 is 0 Å². The molecule has 0 unspecified atom stereocenters. The number of phenols is 1. The smallest absolute Gasteiger partial charge is 0.116 e. The summed E-state index contributed by atoms with van der Waals surface area (Å²) in [6.07, 6.45) is 0. The Morgan fingerprint density at radius 3 is 1.54 bits per heavy atom. The molecule has 0 aliphatic heterocycles. The molecule has 1 heteroatoms. The van der Waals surface area contributed by atoms with Crippen molar-refractivity contribution in [3.05, 3.63) is 99.6 Å². The maximum atomic E-state index is 10.5. The second-order valence-corrected chi connectivity index (χ2v) is 9.07. The van der Waals surface area contributed by atoms with Crippen LogP contribution in [0.2, 0.25) is 0 Å². The van der Waals surface area contributed by atoms with Crippen molar-refractivity contribution in [2.24, 2.45) is 0 Å². The molecule has 0 amide bonds. The van der Waals surface area contributed by atoms with Crippen molar-refractivity contribution in [1.82, 2.24) is 0 Å². The predicted octanol–water partition coefficient (Wildman–Crippen LogP) is 6.97. The lowest BCUT2D eigenvalue weighted by atomic mass is 9.66. The fourth-order valence-electron chi connectivity index (χ4n) is 4.92. The number of aryl methyl sites for hydroxylation is 3. The quantitative estimate of drug-likeness (QED) is 0.524. The minimum atomic E-state index is -0.232. The maximum absolute atomic E-state index is 10.5. The molecule has 0 aliphatic carbocycles. The van der Waals surface area contributed by atoms with E-state index < -0.39 is 0 Å². The maximum Gasteiger partial charge on any atom is 0.116 e. The standard InChI is InChI=1S/C27H32O/c1-18-12-8-10-14-22(18)26(4,5)24-17-21(28)16-20(3)25(24)27(6,7)23-15-11-9-13-19(23)2/h8-17,28H,1-7H3. The summed E-state index contributed by atoms with van der Waals surface area (Å²) in [7, 11) is 0. The van der Waals surface area contributed by atoms with Crippen LogP contribution in [0.3, 0.4) is 0 Å². The topological polar surface area (TPSA) is 20.2 Å². The van der Waals surface area contributed by atoms with Gasteiger partial charge in [-0.25, -0.2) is 0 Å². The fourth-order valence-corrected chi connectivity index (χ4v) is 4.92. The van der Waals surface area contributed by atoms with E-state index in [0.717, 1.165) is 5.56 Å². The molecule has 1 N–H and O–H groups in total. The molecule has 1 nitrogen and oxygen atoms in total. The second-order valence-electron chi connectivity index (χ2n) is 9.07. The van der Waals surface area contributed by atoms with Gasteiger partial charge in [-0.05, 0) is 71.8 Å². The second kappa shape index (κ2) is 7.13. The Kier molecular flexibility index (Phi) is 5.14. The molecule has 0 fully saturated rings. The molecule has 0 heterocycles. The van der Waals surface area contributed by atoms with Crippen LogP contribution in [0.1, 0.15) is 66.6 Å². The first-order valence-corrected chi connectivity index (χ1v) is 10.0. The summed E-state index contributed by atoms with van der Waals surface area (Å²) in [5.41, 5.74) is 8.38. The van der Waals surface area contributed by atoms with E-state index in [9.17, 15) is 5.11 Å². The normalized spacial score (nSPS) is 12.2. The number of hydrogen-bond donors (Lipinski definition) is 1. The van der Waals surface area contributed by atoms with Gasteiger partial charge < -0.3 is 5.11 Å². The lowest BCUT2D eigenvalue weighted by molar-refractivity contribution is 0.469. The first-order valence-electron chi connectivity index (χ1n) is 10.0. The van der Waals surface area contributed by atoms with Crippen molar-refractivity contribution >= 4 is 0 Å². The summed E-state index contributed by atoms with van der Waals surface area (Å²) in [5.74, 6) is 0.332. The monoisotopic (exact) mass is 372 g/mol. The van der Waals surface area contributed by atoms with E-state index in [1.54, 1.807) is 0 Å². The Hall–Kier alpha value is -2.54. The third-order valence-corrected chi connectivity index (χ3v) is 6.26. The van der Waals surface area contributed by atoms with E-state index in [-0.39, 0.29) is 10.8 Å². The Morgan fingerprint density at radius 2 is 1.04 bits per heavy atom. The predicted molar refractivity (Wildman–Crippen MR) is 119 cm³/mol. The molecule has 0 saturated carbocycles.